The third-order valence-corrected chi connectivity index (χ3v) is 4.14. The number of nitrogens with two attached hydrogens (primary N) is 1. The van der Waals surface area contributed by atoms with Crippen LogP contribution in [0.5, 0.6) is 0 Å². The van der Waals surface area contributed by atoms with Gasteiger partial charge in [0, 0.05) is 12.5 Å². The van der Waals surface area contributed by atoms with Crippen LogP contribution in [0, 0.1) is 11.3 Å². The molecule has 0 saturated carbocycles. The van der Waals surface area contributed by atoms with Crippen LogP contribution >= 0.6 is 0 Å². The highest BCUT2D eigenvalue weighted by molar-refractivity contribution is 5.96. The molecule has 0 aromatic heterocycles. The lowest BCUT2D eigenvalue weighted by atomic mass is 9.94. The Morgan fingerprint density at radius 3 is 2.95 bits per heavy atom. The monoisotopic (exact) mass is 282 g/mol. The Morgan fingerprint density at radius 2 is 2.30 bits per heavy atom. The lowest BCUT2D eigenvalue weighted by molar-refractivity contribution is -0.130. The van der Waals surface area contributed by atoms with Crippen LogP contribution in [0.15, 0.2) is 0 Å². The fourth-order valence-corrected chi connectivity index (χ4v) is 3.22. The Hall–Kier alpha value is -1.63. The Balaban J connectivity index is 1.96. The fraction of sp³-hybridized carbons (Fsp3) is 0.769. The molecule has 20 heavy (non-hydrogen) atoms. The highest BCUT2D eigenvalue weighted by atomic mass is 16.5. The Morgan fingerprint density at radius 1 is 1.55 bits per heavy atom. The van der Waals surface area contributed by atoms with Crippen molar-refractivity contribution >= 4 is 17.8 Å². The van der Waals surface area contributed by atoms with Gasteiger partial charge >= 0.3 is 6.09 Å². The fourth-order valence-electron chi connectivity index (χ4n) is 3.22. The van der Waals surface area contributed by atoms with Gasteiger partial charge in [-0.1, -0.05) is 6.42 Å². The average molecular weight is 282 g/mol. The Bertz CT molecular complexity index is 412. The number of ether oxygens (including phenoxy) is 1. The number of amides is 2. The molecule has 2 rings (SSSR count). The number of methoxy groups -OCH3 is 1. The van der Waals surface area contributed by atoms with E-state index in [-0.39, 0.29) is 29.7 Å². The largest absolute Gasteiger partial charge is 0.452 e. The van der Waals surface area contributed by atoms with Crippen LogP contribution in [0.1, 0.15) is 32.1 Å². The van der Waals surface area contributed by atoms with Gasteiger partial charge in [0.15, 0.2) is 0 Å². The molecule has 4 N–H and O–H groups in total. The van der Waals surface area contributed by atoms with Gasteiger partial charge in [-0.15, -0.1) is 0 Å². The van der Waals surface area contributed by atoms with Crippen molar-refractivity contribution in [3.63, 3.8) is 0 Å². The number of carbonyl (C=O) groups is 2. The van der Waals surface area contributed by atoms with Crippen LogP contribution in [-0.4, -0.2) is 48.5 Å². The number of nitrogens with zero attached hydrogens (tertiary/aromatic N) is 1. The SMILES string of the molecule is COC(=O)N1C(=O)[C@H](CCCCC(=N)N)[C@H]2NCC[C@@H]21. The van der Waals surface area contributed by atoms with Crippen molar-refractivity contribution in [2.45, 2.75) is 44.2 Å². The lowest BCUT2D eigenvalue weighted by Crippen LogP contribution is -2.40. The normalized spacial score (nSPS) is 28.6. The predicted molar refractivity (Wildman–Crippen MR) is 73.3 cm³/mol. The molecule has 2 heterocycles. The summed E-state index contributed by atoms with van der Waals surface area (Å²) in [5.74, 6) is -0.133. The van der Waals surface area contributed by atoms with Gasteiger partial charge in [-0.3, -0.25) is 10.2 Å². The summed E-state index contributed by atoms with van der Waals surface area (Å²) in [6, 6.07) is -0.0355. The van der Waals surface area contributed by atoms with Crippen molar-refractivity contribution in [2.75, 3.05) is 13.7 Å². The third kappa shape index (κ3) is 2.77. The van der Waals surface area contributed by atoms with Gasteiger partial charge in [0.05, 0.1) is 24.9 Å². The maximum Gasteiger partial charge on any atom is 0.416 e. The number of rotatable bonds is 5. The second-order valence-corrected chi connectivity index (χ2v) is 5.39. The molecule has 2 fully saturated rings. The number of imide groups is 1. The number of likely N-dealkylation sites (tertiary alicyclic amines) is 1. The molecule has 2 aliphatic heterocycles. The zero-order valence-corrected chi connectivity index (χ0v) is 11.7. The molecular weight excluding hydrogens is 260 g/mol. The summed E-state index contributed by atoms with van der Waals surface area (Å²) in [5.41, 5.74) is 5.31. The second-order valence-electron chi connectivity index (χ2n) is 5.39. The van der Waals surface area contributed by atoms with E-state index in [1.54, 1.807) is 0 Å². The number of fused-ring (bicyclic) bond motifs is 1. The van der Waals surface area contributed by atoms with Crippen LogP contribution in [0.3, 0.4) is 0 Å². The van der Waals surface area contributed by atoms with Crippen molar-refractivity contribution < 1.29 is 14.3 Å². The van der Waals surface area contributed by atoms with E-state index in [9.17, 15) is 9.59 Å². The smallest absolute Gasteiger partial charge is 0.416 e. The maximum atomic E-state index is 12.4. The summed E-state index contributed by atoms with van der Waals surface area (Å²) >= 11 is 0. The van der Waals surface area contributed by atoms with E-state index in [1.807, 2.05) is 0 Å². The van der Waals surface area contributed by atoms with Crippen molar-refractivity contribution in [3.8, 4) is 0 Å². The van der Waals surface area contributed by atoms with E-state index >= 15 is 0 Å². The van der Waals surface area contributed by atoms with Crippen molar-refractivity contribution in [1.82, 2.24) is 10.2 Å². The molecule has 2 saturated heterocycles. The zero-order valence-electron chi connectivity index (χ0n) is 11.7. The number of unbranched alkanes of at least 4 members (excludes halogenated alkanes) is 1. The van der Waals surface area contributed by atoms with Gasteiger partial charge in [-0.25, -0.2) is 9.69 Å². The van der Waals surface area contributed by atoms with Crippen LogP contribution in [0.2, 0.25) is 0 Å². The van der Waals surface area contributed by atoms with Gasteiger partial charge in [-0.05, 0) is 25.8 Å². The van der Waals surface area contributed by atoms with Crippen LogP contribution < -0.4 is 11.1 Å². The summed E-state index contributed by atoms with van der Waals surface area (Å²) in [4.78, 5) is 25.4. The number of hydrogen-bond donors (Lipinski definition) is 3. The van der Waals surface area contributed by atoms with Gasteiger partial charge in [-0.2, -0.15) is 0 Å². The average Bonchev–Trinajstić information content (AvgIpc) is 2.95. The summed E-state index contributed by atoms with van der Waals surface area (Å²) in [5, 5.41) is 10.5. The zero-order chi connectivity index (χ0) is 14.7. The van der Waals surface area contributed by atoms with E-state index < -0.39 is 6.09 Å². The van der Waals surface area contributed by atoms with Gasteiger partial charge < -0.3 is 15.8 Å². The maximum absolute atomic E-state index is 12.4. The molecule has 2 amide bonds. The standard InChI is InChI=1S/C13H22N4O3/c1-20-13(19)17-9-6-7-16-11(9)8(12(17)18)4-2-3-5-10(14)15/h8-9,11,16H,2-7H2,1H3,(H3,14,15)/t8-,9+,11-/m1/s1. The van der Waals surface area contributed by atoms with Gasteiger partial charge in [0.25, 0.3) is 0 Å². The molecule has 7 heteroatoms. The summed E-state index contributed by atoms with van der Waals surface area (Å²) < 4.78 is 4.71. The van der Waals surface area contributed by atoms with E-state index in [2.05, 4.69) is 5.32 Å². The van der Waals surface area contributed by atoms with Crippen LogP contribution in [-0.2, 0) is 9.53 Å². The minimum Gasteiger partial charge on any atom is -0.452 e. The van der Waals surface area contributed by atoms with E-state index in [4.69, 9.17) is 15.9 Å². The number of nitrogens with one attached hydrogen (secondary N) is 2. The molecule has 7 nitrogen and oxygen atoms in total. The van der Waals surface area contributed by atoms with Gasteiger partial charge in [0.1, 0.15) is 0 Å². The van der Waals surface area contributed by atoms with E-state index in [0.29, 0.717) is 12.8 Å². The molecule has 0 aromatic rings. The van der Waals surface area contributed by atoms with Crippen LogP contribution in [0.25, 0.3) is 0 Å². The molecule has 0 spiro atoms. The number of amidine groups is 1. The molecule has 0 unspecified atom stereocenters. The Labute approximate surface area is 118 Å². The van der Waals surface area contributed by atoms with Crippen molar-refractivity contribution in [2.24, 2.45) is 11.7 Å². The second kappa shape index (κ2) is 6.21. The van der Waals surface area contributed by atoms with E-state index in [1.165, 1.54) is 12.0 Å². The predicted octanol–water partition coefficient (Wildman–Crippen LogP) is 0.438. The molecule has 0 aromatic carbocycles. The topological polar surface area (TPSA) is 109 Å². The van der Waals surface area contributed by atoms with Crippen molar-refractivity contribution in [3.05, 3.63) is 0 Å². The first kappa shape index (κ1) is 14.8. The lowest BCUT2D eigenvalue weighted by Gasteiger charge is -2.19. The first-order valence-electron chi connectivity index (χ1n) is 7.03. The molecular formula is C13H22N4O3. The molecule has 3 atom stereocenters. The highest BCUT2D eigenvalue weighted by Crippen LogP contribution is 2.34. The third-order valence-electron chi connectivity index (χ3n) is 4.14. The minimum atomic E-state index is -0.556. The number of carbonyl (C=O) groups excluding carboxylic acids is 2. The molecule has 2 aliphatic rings. The molecule has 0 radical (unpaired) electrons. The van der Waals surface area contributed by atoms with Crippen LogP contribution in [0.4, 0.5) is 4.79 Å². The minimum absolute atomic E-state index is 0.0407. The summed E-state index contributed by atoms with van der Waals surface area (Å²) in [7, 11) is 1.30. The quantitative estimate of drug-likeness (QED) is 0.385. The van der Waals surface area contributed by atoms with E-state index in [0.717, 1.165) is 25.8 Å². The first-order chi connectivity index (χ1) is 9.56. The summed E-state index contributed by atoms with van der Waals surface area (Å²) in [6.45, 7) is 0.819. The van der Waals surface area contributed by atoms with Gasteiger partial charge in [0.2, 0.25) is 5.91 Å². The number of hydrogen-bond acceptors (Lipinski definition) is 5. The molecule has 0 bridgehead atoms. The van der Waals surface area contributed by atoms with Crippen molar-refractivity contribution in [1.29, 1.82) is 5.41 Å². The Kier molecular flexibility index (Phi) is 4.59. The molecule has 0 aliphatic carbocycles. The molecule has 112 valence electrons. The highest BCUT2D eigenvalue weighted by Gasteiger charge is 2.52. The summed E-state index contributed by atoms with van der Waals surface area (Å²) in [6.07, 6.45) is 3.14. The first-order valence-corrected chi connectivity index (χ1v) is 7.03.